The van der Waals surface area contributed by atoms with E-state index in [4.69, 9.17) is 4.42 Å². The molecular formula is C17H16BrN3O3S2. The second-order valence-corrected chi connectivity index (χ2v) is 10.1. The van der Waals surface area contributed by atoms with Crippen LogP contribution in [-0.2, 0) is 16.6 Å². The summed E-state index contributed by atoms with van der Waals surface area (Å²) < 4.78 is 34.5. The Hall–Kier alpha value is -1.55. The Labute approximate surface area is 163 Å². The van der Waals surface area contributed by atoms with Crippen LogP contribution in [0.2, 0.25) is 0 Å². The van der Waals surface area contributed by atoms with Crippen LogP contribution in [0.15, 0.2) is 49.5 Å². The lowest BCUT2D eigenvalue weighted by Gasteiger charge is -2.20. The summed E-state index contributed by atoms with van der Waals surface area (Å²) in [6.07, 6.45) is 3.34. The number of benzene rings is 1. The summed E-state index contributed by atoms with van der Waals surface area (Å²) in [5.41, 5.74) is 0.877. The second-order valence-electron chi connectivity index (χ2n) is 6.15. The van der Waals surface area contributed by atoms with Crippen molar-refractivity contribution in [2.45, 2.75) is 35.9 Å². The molecule has 0 unspecified atom stereocenters. The summed E-state index contributed by atoms with van der Waals surface area (Å²) in [6, 6.07) is 10.8. The van der Waals surface area contributed by atoms with Crippen molar-refractivity contribution < 1.29 is 12.8 Å². The molecule has 0 saturated heterocycles. The lowest BCUT2D eigenvalue weighted by atomic mass is 9.85. The van der Waals surface area contributed by atoms with Gasteiger partial charge >= 0.3 is 0 Å². The zero-order valence-electron chi connectivity index (χ0n) is 13.7. The molecule has 1 N–H and O–H groups in total. The Morgan fingerprint density at radius 1 is 1.23 bits per heavy atom. The first-order valence-electron chi connectivity index (χ1n) is 8.19. The SMILES string of the molecule is O=S(=O)(NCc1cccc(Br)c1)c1ccc(-c2nnc(C3CCC3)o2)s1. The monoisotopic (exact) mass is 453 g/mol. The van der Waals surface area contributed by atoms with E-state index in [0.717, 1.165) is 34.2 Å². The van der Waals surface area contributed by atoms with Crippen LogP contribution in [0.1, 0.15) is 36.6 Å². The van der Waals surface area contributed by atoms with Crippen LogP contribution in [-0.4, -0.2) is 18.6 Å². The molecule has 1 fully saturated rings. The summed E-state index contributed by atoms with van der Waals surface area (Å²) in [5.74, 6) is 1.38. The lowest BCUT2D eigenvalue weighted by molar-refractivity contribution is 0.338. The minimum atomic E-state index is -3.60. The third-order valence-electron chi connectivity index (χ3n) is 4.31. The molecule has 1 saturated carbocycles. The quantitative estimate of drug-likeness (QED) is 0.600. The van der Waals surface area contributed by atoms with Gasteiger partial charge in [0.25, 0.3) is 5.89 Å². The van der Waals surface area contributed by atoms with Crippen molar-refractivity contribution in [3.63, 3.8) is 0 Å². The summed E-state index contributed by atoms with van der Waals surface area (Å²) >= 11 is 4.51. The lowest BCUT2D eigenvalue weighted by Crippen LogP contribution is -2.22. The molecule has 0 amide bonds. The fourth-order valence-electron chi connectivity index (χ4n) is 2.63. The van der Waals surface area contributed by atoms with Crippen LogP contribution >= 0.6 is 27.3 Å². The zero-order chi connectivity index (χ0) is 18.1. The molecule has 2 aromatic heterocycles. The van der Waals surface area contributed by atoms with Crippen molar-refractivity contribution in [3.05, 3.63) is 52.3 Å². The third kappa shape index (κ3) is 3.75. The zero-order valence-corrected chi connectivity index (χ0v) is 16.9. The largest absolute Gasteiger partial charge is 0.420 e. The van der Waals surface area contributed by atoms with E-state index in [1.54, 1.807) is 12.1 Å². The molecule has 1 aromatic carbocycles. The highest BCUT2D eigenvalue weighted by Crippen LogP contribution is 2.37. The summed E-state index contributed by atoms with van der Waals surface area (Å²) in [6.45, 7) is 0.224. The van der Waals surface area contributed by atoms with Gasteiger partial charge in [-0.25, -0.2) is 13.1 Å². The minimum Gasteiger partial charge on any atom is -0.420 e. The highest BCUT2D eigenvalue weighted by molar-refractivity contribution is 9.10. The van der Waals surface area contributed by atoms with E-state index >= 15 is 0 Å². The predicted molar refractivity (Wildman–Crippen MR) is 102 cm³/mol. The Morgan fingerprint density at radius 3 is 2.81 bits per heavy atom. The number of rotatable bonds is 6. The van der Waals surface area contributed by atoms with Crippen LogP contribution in [0.5, 0.6) is 0 Å². The number of nitrogens with zero attached hydrogens (tertiary/aromatic N) is 2. The van der Waals surface area contributed by atoms with E-state index in [0.29, 0.717) is 22.6 Å². The average Bonchev–Trinajstić information content (AvgIpc) is 3.21. The van der Waals surface area contributed by atoms with Crippen LogP contribution < -0.4 is 4.72 Å². The van der Waals surface area contributed by atoms with Gasteiger partial charge in [-0.1, -0.05) is 34.5 Å². The van der Waals surface area contributed by atoms with Gasteiger partial charge in [0.15, 0.2) is 0 Å². The van der Waals surface area contributed by atoms with Crippen molar-refractivity contribution in [1.29, 1.82) is 0 Å². The molecule has 9 heteroatoms. The molecular weight excluding hydrogens is 438 g/mol. The van der Waals surface area contributed by atoms with Crippen LogP contribution in [0, 0.1) is 0 Å². The summed E-state index contributed by atoms with van der Waals surface area (Å²) in [7, 11) is -3.60. The molecule has 2 heterocycles. The van der Waals surface area contributed by atoms with Gasteiger partial charge in [-0.3, -0.25) is 0 Å². The average molecular weight is 454 g/mol. The molecule has 0 spiro atoms. The molecule has 1 aliphatic rings. The van der Waals surface area contributed by atoms with E-state index in [2.05, 4.69) is 30.8 Å². The van der Waals surface area contributed by atoms with Crippen LogP contribution in [0.25, 0.3) is 10.8 Å². The smallest absolute Gasteiger partial charge is 0.257 e. The first-order valence-corrected chi connectivity index (χ1v) is 11.3. The van der Waals surface area contributed by atoms with Crippen molar-refractivity contribution in [3.8, 4) is 10.8 Å². The number of nitrogens with one attached hydrogen (secondary N) is 1. The molecule has 136 valence electrons. The van der Waals surface area contributed by atoms with Crippen molar-refractivity contribution in [2.24, 2.45) is 0 Å². The van der Waals surface area contributed by atoms with E-state index in [1.165, 1.54) is 6.42 Å². The van der Waals surface area contributed by atoms with Crippen LogP contribution in [0.3, 0.4) is 0 Å². The number of aromatic nitrogens is 2. The van der Waals surface area contributed by atoms with E-state index < -0.39 is 10.0 Å². The minimum absolute atomic E-state index is 0.224. The molecule has 0 radical (unpaired) electrons. The highest BCUT2D eigenvalue weighted by atomic mass is 79.9. The molecule has 0 atom stereocenters. The second kappa shape index (κ2) is 7.22. The Balaban J connectivity index is 1.48. The van der Waals surface area contributed by atoms with Gasteiger partial charge in [-0.15, -0.1) is 21.5 Å². The molecule has 1 aliphatic carbocycles. The van der Waals surface area contributed by atoms with Gasteiger partial charge in [0.05, 0.1) is 4.88 Å². The van der Waals surface area contributed by atoms with Gasteiger partial charge in [-0.2, -0.15) is 0 Å². The van der Waals surface area contributed by atoms with Gasteiger partial charge in [0.2, 0.25) is 15.9 Å². The van der Waals surface area contributed by atoms with Gasteiger partial charge in [0, 0.05) is 16.9 Å². The molecule has 0 aliphatic heterocycles. The first-order chi connectivity index (χ1) is 12.5. The van der Waals surface area contributed by atoms with Gasteiger partial charge in [0.1, 0.15) is 4.21 Å². The Bertz CT molecular complexity index is 1030. The fraction of sp³-hybridized carbons (Fsp3) is 0.294. The molecule has 6 nitrogen and oxygen atoms in total. The standard InChI is InChI=1S/C17H16BrN3O3S2/c18-13-6-1-3-11(9-13)10-19-26(22,23)15-8-7-14(25-15)17-21-20-16(24-17)12-4-2-5-12/h1,3,6-9,12,19H,2,4-5,10H2. The number of thiophene rings is 1. The topological polar surface area (TPSA) is 85.1 Å². The number of hydrogen-bond acceptors (Lipinski definition) is 6. The Kier molecular flexibility index (Phi) is 4.96. The van der Waals surface area contributed by atoms with Crippen LogP contribution in [0.4, 0.5) is 0 Å². The Morgan fingerprint density at radius 2 is 2.08 bits per heavy atom. The first kappa shape index (κ1) is 17.8. The number of hydrogen-bond donors (Lipinski definition) is 1. The molecule has 26 heavy (non-hydrogen) atoms. The summed E-state index contributed by atoms with van der Waals surface area (Å²) in [5, 5.41) is 8.15. The maximum atomic E-state index is 12.5. The summed E-state index contributed by atoms with van der Waals surface area (Å²) in [4.78, 5) is 0.658. The van der Waals surface area contributed by atoms with E-state index in [-0.39, 0.29) is 10.8 Å². The molecule has 0 bridgehead atoms. The van der Waals surface area contributed by atoms with E-state index in [1.807, 2.05) is 24.3 Å². The number of halogens is 1. The fourth-order valence-corrected chi connectivity index (χ4v) is 5.37. The predicted octanol–water partition coefficient (Wildman–Crippen LogP) is 4.31. The maximum Gasteiger partial charge on any atom is 0.257 e. The molecule has 4 rings (SSSR count). The van der Waals surface area contributed by atoms with Crippen molar-refractivity contribution >= 4 is 37.3 Å². The normalized spacial score (nSPS) is 15.1. The van der Waals surface area contributed by atoms with E-state index in [9.17, 15) is 8.42 Å². The van der Waals surface area contributed by atoms with Gasteiger partial charge < -0.3 is 4.42 Å². The third-order valence-corrected chi connectivity index (χ3v) is 7.77. The maximum absolute atomic E-state index is 12.5. The van der Waals surface area contributed by atoms with Gasteiger partial charge in [-0.05, 0) is 42.7 Å². The highest BCUT2D eigenvalue weighted by Gasteiger charge is 2.26. The van der Waals surface area contributed by atoms with Crippen molar-refractivity contribution in [2.75, 3.05) is 0 Å². The van der Waals surface area contributed by atoms with Crippen molar-refractivity contribution in [1.82, 2.24) is 14.9 Å². The number of sulfonamides is 1. The molecule has 3 aromatic rings.